The Morgan fingerprint density at radius 1 is 0.676 bits per heavy atom. The highest BCUT2D eigenvalue weighted by Gasteiger charge is 2.28. The van der Waals surface area contributed by atoms with Gasteiger partial charge in [0.2, 0.25) is 0 Å². The fourth-order valence-corrected chi connectivity index (χ4v) is 5.55. The summed E-state index contributed by atoms with van der Waals surface area (Å²) in [6.45, 7) is 4.87. The Labute approximate surface area is 208 Å². The van der Waals surface area contributed by atoms with E-state index in [-0.39, 0.29) is 17.3 Å². The molecule has 0 fully saturated rings. The molecule has 3 nitrogen and oxygen atoms in total. The van der Waals surface area contributed by atoms with Crippen molar-refractivity contribution in [3.63, 3.8) is 0 Å². The second kappa shape index (κ2) is 16.8. The number of carbonyl (C=O) groups excluding carboxylic acids is 1. The molecular weight excluding hydrogens is 440 g/mol. The first-order valence-electron chi connectivity index (χ1n) is 12.4. The van der Waals surface area contributed by atoms with Gasteiger partial charge in [0.15, 0.2) is 14.7 Å². The number of ether oxygens (including phenoxy) is 1. The molecule has 0 heterocycles. The first-order valence-corrected chi connectivity index (χ1v) is 13.6. The van der Waals surface area contributed by atoms with Crippen LogP contribution in [-0.2, 0) is 15.7 Å². The highest BCUT2D eigenvalue weighted by atomic mass is 32.2. The van der Waals surface area contributed by atoms with Gasteiger partial charge in [-0.2, -0.15) is 0 Å². The molecule has 0 aliphatic heterocycles. The summed E-state index contributed by atoms with van der Waals surface area (Å²) in [6, 6.07) is 30.2. The lowest BCUT2D eigenvalue weighted by Crippen LogP contribution is -2.20. The van der Waals surface area contributed by atoms with Gasteiger partial charge in [0.1, 0.15) is 5.75 Å². The molecule has 3 rings (SSSR count). The van der Waals surface area contributed by atoms with Crippen LogP contribution in [0.5, 0.6) is 5.75 Å². The molecule has 0 unspecified atom stereocenters. The Morgan fingerprint density at radius 2 is 1.18 bits per heavy atom. The quantitative estimate of drug-likeness (QED) is 0.195. The topological polar surface area (TPSA) is 49.4 Å². The molecule has 3 aromatic rings. The second-order valence-corrected chi connectivity index (χ2v) is 10.2. The Hall–Kier alpha value is -2.72. The summed E-state index contributed by atoms with van der Waals surface area (Å²) in [5.41, 5.74) is 0. The molecule has 0 saturated heterocycles. The van der Waals surface area contributed by atoms with Gasteiger partial charge in [-0.05, 0) is 61.4 Å². The van der Waals surface area contributed by atoms with E-state index in [0.717, 1.165) is 18.8 Å². The maximum absolute atomic E-state index is 9.49. The molecule has 0 amide bonds. The fourth-order valence-electron chi connectivity index (χ4n) is 3.47. The van der Waals surface area contributed by atoms with Gasteiger partial charge in [-0.15, -0.1) is 0 Å². The van der Waals surface area contributed by atoms with Crippen molar-refractivity contribution in [1.82, 2.24) is 0 Å². The van der Waals surface area contributed by atoms with Crippen LogP contribution >= 0.6 is 0 Å². The number of carboxylic acid groups (broad SMARTS) is 1. The van der Waals surface area contributed by atoms with Crippen LogP contribution in [0.15, 0.2) is 99.6 Å². The highest BCUT2D eigenvalue weighted by molar-refractivity contribution is 7.97. The van der Waals surface area contributed by atoms with Gasteiger partial charge in [0.25, 0.3) is 0 Å². The van der Waals surface area contributed by atoms with Crippen LogP contribution in [0.3, 0.4) is 0 Å². The maximum atomic E-state index is 9.49. The van der Waals surface area contributed by atoms with Crippen LogP contribution < -0.4 is 9.84 Å². The van der Waals surface area contributed by atoms with E-state index >= 15 is 0 Å². The number of hydrogen-bond acceptors (Lipinski definition) is 3. The van der Waals surface area contributed by atoms with Gasteiger partial charge in [-0.3, -0.25) is 0 Å². The Bertz CT molecular complexity index is 871. The lowest BCUT2D eigenvalue weighted by Gasteiger charge is -2.09. The van der Waals surface area contributed by atoms with Gasteiger partial charge in [-0.1, -0.05) is 88.8 Å². The van der Waals surface area contributed by atoms with E-state index in [9.17, 15) is 9.90 Å². The number of carboxylic acids is 1. The van der Waals surface area contributed by atoms with Crippen LogP contribution in [0.25, 0.3) is 0 Å². The first-order chi connectivity index (χ1) is 16.7. The number of unbranched alkanes of at least 4 members (excludes halogenated alkanes) is 5. The predicted molar refractivity (Wildman–Crippen MR) is 140 cm³/mol. The number of carbonyl (C=O) groups is 1. The molecule has 0 aromatic heterocycles. The lowest BCUT2D eigenvalue weighted by molar-refractivity contribution is -0.305. The van der Waals surface area contributed by atoms with Gasteiger partial charge in [0.05, 0.1) is 17.5 Å². The van der Waals surface area contributed by atoms with Crippen molar-refractivity contribution in [1.29, 1.82) is 0 Å². The maximum Gasteiger partial charge on any atom is 0.166 e. The van der Waals surface area contributed by atoms with Crippen LogP contribution in [-0.4, -0.2) is 12.6 Å². The molecule has 34 heavy (non-hydrogen) atoms. The summed E-state index contributed by atoms with van der Waals surface area (Å²) in [7, 11) is -0.0906. The van der Waals surface area contributed by atoms with Crippen molar-refractivity contribution in [3.8, 4) is 5.75 Å². The van der Waals surface area contributed by atoms with Crippen LogP contribution in [0, 0.1) is 0 Å². The van der Waals surface area contributed by atoms with Crippen LogP contribution in [0.2, 0.25) is 0 Å². The second-order valence-electron chi connectivity index (χ2n) is 8.14. The molecule has 182 valence electrons. The van der Waals surface area contributed by atoms with Crippen molar-refractivity contribution in [3.05, 3.63) is 84.9 Å². The monoisotopic (exact) mass is 478 g/mol. The zero-order chi connectivity index (χ0) is 24.4. The Balaban J connectivity index is 0.000000604. The summed E-state index contributed by atoms with van der Waals surface area (Å²) in [5.74, 6) is 0.0134. The lowest BCUT2D eigenvalue weighted by atomic mass is 10.1. The molecule has 0 atom stereocenters. The van der Waals surface area contributed by atoms with E-state index < -0.39 is 5.97 Å². The molecule has 0 N–H and O–H groups in total. The molecule has 0 aliphatic rings. The number of benzene rings is 3. The average Bonchev–Trinajstić information content (AvgIpc) is 2.86. The number of aliphatic carboxylic acids is 1. The Kier molecular flexibility index (Phi) is 13.6. The minimum Gasteiger partial charge on any atom is -0.550 e. The van der Waals surface area contributed by atoms with E-state index in [1.165, 1.54) is 46.8 Å². The van der Waals surface area contributed by atoms with Crippen molar-refractivity contribution in [2.24, 2.45) is 0 Å². The summed E-state index contributed by atoms with van der Waals surface area (Å²) in [6.07, 6.45) is 8.60. The van der Waals surface area contributed by atoms with Crippen molar-refractivity contribution in [2.75, 3.05) is 6.61 Å². The summed E-state index contributed by atoms with van der Waals surface area (Å²) in [5, 5.41) is 9.49. The molecule has 0 bridgehead atoms. The largest absolute Gasteiger partial charge is 0.550 e. The third kappa shape index (κ3) is 10.5. The van der Waals surface area contributed by atoms with E-state index in [2.05, 4.69) is 91.9 Å². The average molecular weight is 479 g/mol. The van der Waals surface area contributed by atoms with E-state index in [1.54, 1.807) is 6.92 Å². The zero-order valence-electron chi connectivity index (χ0n) is 20.6. The molecule has 0 radical (unpaired) electrons. The number of hydrogen-bond donors (Lipinski definition) is 0. The van der Waals surface area contributed by atoms with Gasteiger partial charge in [0, 0.05) is 5.97 Å². The third-order valence-corrected chi connectivity index (χ3v) is 7.47. The minimum atomic E-state index is -0.961. The SMILES string of the molecule is CCCC(=O)[O-].CCCCCCCCOc1ccc([S+](c2ccccc2)c2ccccc2)cc1. The van der Waals surface area contributed by atoms with Crippen LogP contribution in [0.1, 0.15) is 65.2 Å². The molecular formula is C30H38O3S. The predicted octanol–water partition coefficient (Wildman–Crippen LogP) is 7.06. The smallest absolute Gasteiger partial charge is 0.166 e. The summed E-state index contributed by atoms with van der Waals surface area (Å²) >= 11 is 0. The van der Waals surface area contributed by atoms with Gasteiger partial charge >= 0.3 is 0 Å². The molecule has 4 heteroatoms. The third-order valence-electron chi connectivity index (χ3n) is 5.24. The number of rotatable bonds is 13. The van der Waals surface area contributed by atoms with Crippen molar-refractivity contribution < 1.29 is 14.6 Å². The van der Waals surface area contributed by atoms with E-state index in [1.807, 2.05) is 0 Å². The van der Waals surface area contributed by atoms with Gasteiger partial charge < -0.3 is 14.6 Å². The van der Waals surface area contributed by atoms with Crippen molar-refractivity contribution in [2.45, 2.75) is 79.9 Å². The normalized spacial score (nSPS) is 10.4. The minimum absolute atomic E-state index is 0.0906. The molecule has 0 spiro atoms. The summed E-state index contributed by atoms with van der Waals surface area (Å²) < 4.78 is 5.96. The van der Waals surface area contributed by atoms with E-state index in [0.29, 0.717) is 6.42 Å². The first kappa shape index (κ1) is 27.5. The molecule has 0 saturated carbocycles. The molecule has 3 aromatic carbocycles. The zero-order valence-corrected chi connectivity index (χ0v) is 21.4. The Morgan fingerprint density at radius 3 is 1.65 bits per heavy atom. The van der Waals surface area contributed by atoms with Crippen LogP contribution in [0.4, 0.5) is 0 Å². The highest BCUT2D eigenvalue weighted by Crippen LogP contribution is 2.31. The standard InChI is InChI=1S/C26H31OS.C4H8O2/c1-2-3-4-5-6-13-22-27-23-18-20-26(21-19-23)28(24-14-9-7-10-15-24)25-16-11-8-12-17-25;1-2-3-4(5)6/h7-12,14-21H,2-6,13,22H2,1H3;2-3H2,1H3,(H,5,6)/q+1;/p-1. The summed E-state index contributed by atoms with van der Waals surface area (Å²) in [4.78, 5) is 13.5. The van der Waals surface area contributed by atoms with Crippen molar-refractivity contribution >= 4 is 16.9 Å². The van der Waals surface area contributed by atoms with E-state index in [4.69, 9.17) is 4.74 Å². The molecule has 0 aliphatic carbocycles. The fraction of sp³-hybridized carbons (Fsp3) is 0.367. The van der Waals surface area contributed by atoms with Gasteiger partial charge in [-0.25, -0.2) is 0 Å².